The van der Waals surface area contributed by atoms with Crippen molar-refractivity contribution in [1.29, 1.82) is 0 Å². The summed E-state index contributed by atoms with van der Waals surface area (Å²) in [5.41, 5.74) is 3.48. The zero-order valence-corrected chi connectivity index (χ0v) is 20.1. The highest BCUT2D eigenvalue weighted by Gasteiger charge is 2.28. The zero-order valence-electron chi connectivity index (χ0n) is 20.1. The molecule has 2 heterocycles. The van der Waals surface area contributed by atoms with Gasteiger partial charge in [-0.25, -0.2) is 0 Å². The summed E-state index contributed by atoms with van der Waals surface area (Å²) < 4.78 is 5.26. The second-order valence-corrected chi connectivity index (χ2v) is 9.38. The second-order valence-electron chi connectivity index (χ2n) is 9.38. The van der Waals surface area contributed by atoms with Gasteiger partial charge in [-0.1, -0.05) is 42.0 Å². The first-order valence-corrected chi connectivity index (χ1v) is 12.2. The van der Waals surface area contributed by atoms with Gasteiger partial charge in [0.2, 0.25) is 5.91 Å². The van der Waals surface area contributed by atoms with Crippen molar-refractivity contribution in [3.63, 3.8) is 0 Å². The maximum Gasteiger partial charge on any atom is 0.227 e. The van der Waals surface area contributed by atoms with Gasteiger partial charge in [-0.15, -0.1) is 0 Å². The predicted octanol–water partition coefficient (Wildman–Crippen LogP) is 2.90. The third-order valence-corrected chi connectivity index (χ3v) is 6.98. The van der Waals surface area contributed by atoms with Crippen LogP contribution in [0.2, 0.25) is 0 Å². The van der Waals surface area contributed by atoms with Crippen LogP contribution >= 0.6 is 0 Å². The quantitative estimate of drug-likeness (QED) is 0.637. The Morgan fingerprint density at radius 2 is 1.64 bits per heavy atom. The lowest BCUT2D eigenvalue weighted by atomic mass is 10.0. The first-order chi connectivity index (χ1) is 16.1. The Bertz CT molecular complexity index is 870. The second kappa shape index (κ2) is 11.6. The average Bonchev–Trinajstić information content (AvgIpc) is 3.37. The smallest absolute Gasteiger partial charge is 0.227 e. The summed E-state index contributed by atoms with van der Waals surface area (Å²) in [4.78, 5) is 20.7. The standard InChI is InChI=1S/C27H38N4O2/c1-22-3-5-24(6-4-22)20-31(27(32)19-23-7-9-26(33-2)10-8-23)25-11-14-29(15-12-25)17-18-30-16-13-28-21-30/h3-10,25,28H,11-21H2,1-2H3. The van der Waals surface area contributed by atoms with Crippen LogP contribution in [0.25, 0.3) is 0 Å². The molecule has 33 heavy (non-hydrogen) atoms. The number of aryl methyl sites for hydroxylation is 1. The van der Waals surface area contributed by atoms with Crippen molar-refractivity contribution in [2.24, 2.45) is 0 Å². The van der Waals surface area contributed by atoms with E-state index < -0.39 is 0 Å². The van der Waals surface area contributed by atoms with E-state index in [9.17, 15) is 4.79 Å². The van der Waals surface area contributed by atoms with E-state index in [4.69, 9.17) is 4.74 Å². The number of hydrogen-bond donors (Lipinski definition) is 1. The number of carbonyl (C=O) groups is 1. The third kappa shape index (κ3) is 6.79. The Labute approximate surface area is 198 Å². The van der Waals surface area contributed by atoms with Crippen molar-refractivity contribution >= 4 is 5.91 Å². The molecule has 0 unspecified atom stereocenters. The molecular formula is C27H38N4O2. The zero-order chi connectivity index (χ0) is 23.0. The Balaban J connectivity index is 1.38. The van der Waals surface area contributed by atoms with Gasteiger partial charge in [0.05, 0.1) is 13.5 Å². The van der Waals surface area contributed by atoms with Crippen LogP contribution in [0.4, 0.5) is 0 Å². The van der Waals surface area contributed by atoms with E-state index in [1.54, 1.807) is 7.11 Å². The molecule has 1 N–H and O–H groups in total. The number of amides is 1. The maximum atomic E-state index is 13.5. The maximum absolute atomic E-state index is 13.5. The number of nitrogens with one attached hydrogen (secondary N) is 1. The molecule has 2 saturated heterocycles. The summed E-state index contributed by atoms with van der Waals surface area (Å²) in [5, 5.41) is 3.40. The van der Waals surface area contributed by atoms with Crippen molar-refractivity contribution in [2.75, 3.05) is 53.0 Å². The third-order valence-electron chi connectivity index (χ3n) is 6.98. The summed E-state index contributed by atoms with van der Waals surface area (Å²) >= 11 is 0. The summed E-state index contributed by atoms with van der Waals surface area (Å²) in [6.45, 7) is 10.4. The minimum Gasteiger partial charge on any atom is -0.497 e. The topological polar surface area (TPSA) is 48.1 Å². The summed E-state index contributed by atoms with van der Waals surface area (Å²) in [7, 11) is 1.66. The molecule has 4 rings (SSSR count). The van der Waals surface area contributed by atoms with Crippen molar-refractivity contribution < 1.29 is 9.53 Å². The Morgan fingerprint density at radius 3 is 2.27 bits per heavy atom. The fourth-order valence-corrected chi connectivity index (χ4v) is 4.81. The molecule has 2 aliphatic heterocycles. The van der Waals surface area contributed by atoms with Crippen molar-refractivity contribution in [3.8, 4) is 5.75 Å². The van der Waals surface area contributed by atoms with Crippen molar-refractivity contribution in [2.45, 2.75) is 38.8 Å². The lowest BCUT2D eigenvalue weighted by Crippen LogP contribution is -2.48. The normalized spacial score (nSPS) is 17.9. The number of hydrogen-bond acceptors (Lipinski definition) is 5. The van der Waals surface area contributed by atoms with E-state index in [0.29, 0.717) is 19.0 Å². The molecule has 0 spiro atoms. The predicted molar refractivity (Wildman–Crippen MR) is 132 cm³/mol. The number of rotatable bonds is 9. The Kier molecular flexibility index (Phi) is 8.37. The molecule has 2 fully saturated rings. The van der Waals surface area contributed by atoms with Gasteiger partial charge in [0.25, 0.3) is 0 Å². The number of carbonyl (C=O) groups excluding carboxylic acids is 1. The molecule has 6 nitrogen and oxygen atoms in total. The van der Waals surface area contributed by atoms with Gasteiger partial charge in [-0.3, -0.25) is 9.69 Å². The van der Waals surface area contributed by atoms with Gasteiger partial charge < -0.3 is 19.9 Å². The molecule has 2 aromatic rings. The molecule has 6 heteroatoms. The van der Waals surface area contributed by atoms with Crippen LogP contribution in [0.15, 0.2) is 48.5 Å². The Hall–Kier alpha value is -2.41. The molecular weight excluding hydrogens is 412 g/mol. The molecule has 0 bridgehead atoms. The molecule has 0 aliphatic carbocycles. The highest BCUT2D eigenvalue weighted by molar-refractivity contribution is 5.79. The van der Waals surface area contributed by atoms with Crippen LogP contribution in [0.5, 0.6) is 5.75 Å². The van der Waals surface area contributed by atoms with Gasteiger partial charge in [0.15, 0.2) is 0 Å². The van der Waals surface area contributed by atoms with Crippen LogP contribution in [0, 0.1) is 6.92 Å². The number of nitrogens with zero attached hydrogens (tertiary/aromatic N) is 3. The van der Waals surface area contributed by atoms with E-state index >= 15 is 0 Å². The lowest BCUT2D eigenvalue weighted by molar-refractivity contribution is -0.134. The lowest BCUT2D eigenvalue weighted by Gasteiger charge is -2.39. The fourth-order valence-electron chi connectivity index (χ4n) is 4.81. The van der Waals surface area contributed by atoms with E-state index in [0.717, 1.165) is 70.1 Å². The SMILES string of the molecule is COc1ccc(CC(=O)N(Cc2ccc(C)cc2)C2CCN(CCN3CCNC3)CC2)cc1. The number of ether oxygens (including phenoxy) is 1. The highest BCUT2D eigenvalue weighted by Crippen LogP contribution is 2.22. The van der Waals surface area contributed by atoms with Crippen molar-refractivity contribution in [1.82, 2.24) is 20.0 Å². The number of likely N-dealkylation sites (tertiary alicyclic amines) is 1. The van der Waals surface area contributed by atoms with E-state index in [1.165, 1.54) is 11.1 Å². The minimum atomic E-state index is 0.210. The van der Waals surface area contributed by atoms with Gasteiger partial charge in [-0.05, 0) is 43.0 Å². The monoisotopic (exact) mass is 450 g/mol. The minimum absolute atomic E-state index is 0.210. The van der Waals surface area contributed by atoms with Crippen LogP contribution in [-0.4, -0.2) is 79.7 Å². The van der Waals surface area contributed by atoms with Crippen molar-refractivity contribution in [3.05, 3.63) is 65.2 Å². The molecule has 0 aromatic heterocycles. The van der Waals surface area contributed by atoms with E-state index in [-0.39, 0.29) is 5.91 Å². The Morgan fingerprint density at radius 1 is 0.970 bits per heavy atom. The van der Waals surface area contributed by atoms with Gasteiger partial charge in [-0.2, -0.15) is 0 Å². The van der Waals surface area contributed by atoms with Gasteiger partial charge in [0.1, 0.15) is 5.75 Å². The molecule has 2 aliphatic rings. The van der Waals surface area contributed by atoms with Crippen LogP contribution in [0.3, 0.4) is 0 Å². The average molecular weight is 451 g/mol. The summed E-state index contributed by atoms with van der Waals surface area (Å²) in [5.74, 6) is 1.03. The molecule has 2 aromatic carbocycles. The van der Waals surface area contributed by atoms with Gasteiger partial charge in [0, 0.05) is 58.5 Å². The van der Waals surface area contributed by atoms with Gasteiger partial charge >= 0.3 is 0 Å². The van der Waals surface area contributed by atoms with E-state index in [1.807, 2.05) is 24.3 Å². The van der Waals surface area contributed by atoms with Crippen LogP contribution in [-0.2, 0) is 17.8 Å². The molecule has 178 valence electrons. The first-order valence-electron chi connectivity index (χ1n) is 12.2. The largest absolute Gasteiger partial charge is 0.497 e. The molecule has 0 atom stereocenters. The van der Waals surface area contributed by atoms with E-state index in [2.05, 4.69) is 51.2 Å². The molecule has 1 amide bonds. The molecule has 0 radical (unpaired) electrons. The number of piperidine rings is 1. The highest BCUT2D eigenvalue weighted by atomic mass is 16.5. The molecule has 0 saturated carbocycles. The first kappa shape index (κ1) is 23.7. The van der Waals surface area contributed by atoms with Crippen LogP contribution < -0.4 is 10.1 Å². The number of methoxy groups -OCH3 is 1. The summed E-state index contributed by atoms with van der Waals surface area (Å²) in [6, 6.07) is 16.7. The van der Waals surface area contributed by atoms with Crippen LogP contribution in [0.1, 0.15) is 29.5 Å². The fraction of sp³-hybridized carbons (Fsp3) is 0.519. The number of benzene rings is 2. The summed E-state index contributed by atoms with van der Waals surface area (Å²) in [6.07, 6.45) is 2.51.